The van der Waals surface area contributed by atoms with E-state index < -0.39 is 0 Å². The highest BCUT2D eigenvalue weighted by molar-refractivity contribution is 4.93. The number of fused-ring (bicyclic) bond motifs is 4. The van der Waals surface area contributed by atoms with Crippen molar-refractivity contribution in [3.63, 3.8) is 0 Å². The van der Waals surface area contributed by atoms with E-state index in [9.17, 15) is 0 Å². The highest BCUT2D eigenvalue weighted by Crippen LogP contribution is 2.31. The molecule has 3 aliphatic heterocycles. The van der Waals surface area contributed by atoms with Crippen LogP contribution in [0, 0.1) is 0 Å². The Kier molecular flexibility index (Phi) is 2.50. The van der Waals surface area contributed by atoms with E-state index in [1.165, 1.54) is 58.0 Å². The van der Waals surface area contributed by atoms with E-state index in [1.54, 1.807) is 0 Å². The van der Waals surface area contributed by atoms with Gasteiger partial charge in [0.05, 0.1) is 0 Å². The van der Waals surface area contributed by atoms with Crippen molar-refractivity contribution >= 4 is 0 Å². The van der Waals surface area contributed by atoms with Crippen molar-refractivity contribution in [1.82, 2.24) is 10.2 Å². The summed E-state index contributed by atoms with van der Waals surface area (Å²) in [6.07, 6.45) is 10.2. The van der Waals surface area contributed by atoms with Crippen LogP contribution in [0.2, 0.25) is 0 Å². The standard InChI is InChI=1S/C12H22N2/c1-2-4-11(3-1)14-9-10-5-6-12(14)7-8-13-10/h10-13H,1-9H2. The van der Waals surface area contributed by atoms with Gasteiger partial charge in [0.25, 0.3) is 0 Å². The summed E-state index contributed by atoms with van der Waals surface area (Å²) in [5.41, 5.74) is 0. The minimum atomic E-state index is 0.814. The Hall–Kier alpha value is -0.0800. The molecule has 1 saturated carbocycles. The van der Waals surface area contributed by atoms with Crippen molar-refractivity contribution in [1.29, 1.82) is 0 Å². The molecule has 2 atom stereocenters. The topological polar surface area (TPSA) is 15.3 Å². The predicted octanol–water partition coefficient (Wildman–Crippen LogP) is 1.76. The fourth-order valence-electron chi connectivity index (χ4n) is 3.67. The van der Waals surface area contributed by atoms with Gasteiger partial charge in [-0.15, -0.1) is 0 Å². The van der Waals surface area contributed by atoms with E-state index in [-0.39, 0.29) is 0 Å². The molecule has 0 radical (unpaired) electrons. The first-order valence-electron chi connectivity index (χ1n) is 6.42. The lowest BCUT2D eigenvalue weighted by Crippen LogP contribution is -2.50. The van der Waals surface area contributed by atoms with Crippen molar-refractivity contribution in [2.45, 2.75) is 63.1 Å². The third-order valence-electron chi connectivity index (χ3n) is 4.45. The Morgan fingerprint density at radius 2 is 1.64 bits per heavy atom. The van der Waals surface area contributed by atoms with E-state index in [4.69, 9.17) is 0 Å². The molecule has 0 spiro atoms. The van der Waals surface area contributed by atoms with E-state index >= 15 is 0 Å². The second kappa shape index (κ2) is 3.82. The van der Waals surface area contributed by atoms with Crippen molar-refractivity contribution in [2.24, 2.45) is 0 Å². The van der Waals surface area contributed by atoms with Crippen LogP contribution in [0.1, 0.15) is 44.9 Å². The summed E-state index contributed by atoms with van der Waals surface area (Å²) < 4.78 is 0. The van der Waals surface area contributed by atoms with Crippen molar-refractivity contribution < 1.29 is 0 Å². The summed E-state index contributed by atoms with van der Waals surface area (Å²) >= 11 is 0. The second-order valence-corrected chi connectivity index (χ2v) is 5.31. The number of hydrogen-bond acceptors (Lipinski definition) is 2. The van der Waals surface area contributed by atoms with Gasteiger partial charge in [-0.3, -0.25) is 4.90 Å². The summed E-state index contributed by atoms with van der Waals surface area (Å²) in [7, 11) is 0. The van der Waals surface area contributed by atoms with Crippen LogP contribution in [-0.2, 0) is 0 Å². The number of piperidine rings is 1. The Bertz CT molecular complexity index is 194. The molecule has 0 aromatic rings. The number of nitrogens with zero attached hydrogens (tertiary/aromatic N) is 1. The molecule has 2 bridgehead atoms. The molecule has 2 heteroatoms. The van der Waals surface area contributed by atoms with Gasteiger partial charge in [-0.25, -0.2) is 0 Å². The fraction of sp³-hybridized carbons (Fsp3) is 1.00. The first kappa shape index (κ1) is 9.17. The zero-order chi connectivity index (χ0) is 9.38. The third-order valence-corrected chi connectivity index (χ3v) is 4.45. The smallest absolute Gasteiger partial charge is 0.0195 e. The second-order valence-electron chi connectivity index (χ2n) is 5.31. The average molecular weight is 194 g/mol. The maximum absolute atomic E-state index is 3.68. The van der Waals surface area contributed by atoms with E-state index in [0.29, 0.717) is 0 Å². The van der Waals surface area contributed by atoms with Crippen LogP contribution in [0.4, 0.5) is 0 Å². The van der Waals surface area contributed by atoms with Crippen molar-refractivity contribution in [3.05, 3.63) is 0 Å². The molecular weight excluding hydrogens is 172 g/mol. The Labute approximate surface area is 87.0 Å². The molecule has 4 aliphatic rings. The van der Waals surface area contributed by atoms with Gasteiger partial charge in [0.1, 0.15) is 0 Å². The van der Waals surface area contributed by atoms with Crippen LogP contribution in [0.3, 0.4) is 0 Å². The lowest BCUT2D eigenvalue weighted by atomic mass is 9.96. The lowest BCUT2D eigenvalue weighted by molar-refractivity contribution is 0.0938. The van der Waals surface area contributed by atoms with Crippen LogP contribution < -0.4 is 5.32 Å². The van der Waals surface area contributed by atoms with E-state index in [0.717, 1.165) is 18.1 Å². The molecule has 3 heterocycles. The first-order chi connectivity index (χ1) is 6.93. The molecule has 1 aliphatic carbocycles. The molecule has 80 valence electrons. The highest BCUT2D eigenvalue weighted by atomic mass is 15.2. The van der Waals surface area contributed by atoms with Gasteiger partial charge in [-0.1, -0.05) is 12.8 Å². The lowest BCUT2D eigenvalue weighted by Gasteiger charge is -2.40. The maximum Gasteiger partial charge on any atom is 0.0195 e. The van der Waals surface area contributed by atoms with Gasteiger partial charge in [-0.05, 0) is 38.6 Å². The van der Waals surface area contributed by atoms with Gasteiger partial charge >= 0.3 is 0 Å². The van der Waals surface area contributed by atoms with Gasteiger partial charge in [-0.2, -0.15) is 0 Å². The average Bonchev–Trinajstić information content (AvgIpc) is 2.56. The number of rotatable bonds is 1. The summed E-state index contributed by atoms with van der Waals surface area (Å²) in [6, 6.07) is 2.68. The molecule has 0 aromatic heterocycles. The predicted molar refractivity (Wildman–Crippen MR) is 58.4 cm³/mol. The minimum Gasteiger partial charge on any atom is -0.313 e. The van der Waals surface area contributed by atoms with Crippen LogP contribution >= 0.6 is 0 Å². The summed E-state index contributed by atoms with van der Waals surface area (Å²) in [6.45, 7) is 2.61. The SMILES string of the molecule is C1CCC(N2CC3CCC2CCN3)C1. The van der Waals surface area contributed by atoms with Gasteiger partial charge in [0.15, 0.2) is 0 Å². The highest BCUT2D eigenvalue weighted by Gasteiger charge is 2.35. The Balaban J connectivity index is 1.72. The number of nitrogens with one attached hydrogen (secondary N) is 1. The monoisotopic (exact) mass is 194 g/mol. The summed E-state index contributed by atoms with van der Waals surface area (Å²) in [5.74, 6) is 0. The van der Waals surface area contributed by atoms with Crippen LogP contribution in [-0.4, -0.2) is 36.1 Å². The molecular formula is C12H22N2. The van der Waals surface area contributed by atoms with Crippen LogP contribution in [0.15, 0.2) is 0 Å². The summed E-state index contributed by atoms with van der Waals surface area (Å²) in [4.78, 5) is 2.85. The Morgan fingerprint density at radius 3 is 2.50 bits per heavy atom. The van der Waals surface area contributed by atoms with Crippen LogP contribution in [0.5, 0.6) is 0 Å². The quantitative estimate of drug-likeness (QED) is 0.684. The minimum absolute atomic E-state index is 0.814. The normalized spacial score (nSPS) is 40.3. The van der Waals surface area contributed by atoms with E-state index in [1.807, 2.05) is 0 Å². The van der Waals surface area contributed by atoms with Gasteiger partial charge in [0, 0.05) is 24.7 Å². The van der Waals surface area contributed by atoms with Gasteiger partial charge < -0.3 is 5.32 Å². The van der Waals surface area contributed by atoms with Gasteiger partial charge in [0.2, 0.25) is 0 Å². The fourth-order valence-corrected chi connectivity index (χ4v) is 3.67. The zero-order valence-corrected chi connectivity index (χ0v) is 9.04. The number of hydrogen-bond donors (Lipinski definition) is 1. The largest absolute Gasteiger partial charge is 0.313 e. The molecule has 2 nitrogen and oxygen atoms in total. The van der Waals surface area contributed by atoms with Crippen molar-refractivity contribution in [2.75, 3.05) is 13.1 Å². The summed E-state index contributed by atoms with van der Waals surface area (Å²) in [5, 5.41) is 3.68. The molecule has 4 rings (SSSR count). The van der Waals surface area contributed by atoms with E-state index in [2.05, 4.69) is 10.2 Å². The maximum atomic E-state index is 3.68. The zero-order valence-electron chi connectivity index (χ0n) is 9.04. The molecule has 1 N–H and O–H groups in total. The van der Waals surface area contributed by atoms with Crippen LogP contribution in [0.25, 0.3) is 0 Å². The molecule has 0 amide bonds. The molecule has 4 fully saturated rings. The van der Waals surface area contributed by atoms with Crippen molar-refractivity contribution in [3.8, 4) is 0 Å². The Morgan fingerprint density at radius 1 is 0.857 bits per heavy atom. The molecule has 3 saturated heterocycles. The first-order valence-corrected chi connectivity index (χ1v) is 6.42. The molecule has 2 unspecified atom stereocenters. The molecule has 0 aromatic carbocycles. The third kappa shape index (κ3) is 1.59. The molecule has 14 heavy (non-hydrogen) atoms.